The van der Waals surface area contributed by atoms with E-state index in [9.17, 15) is 0 Å². The molecule has 3 N–H and O–H groups in total. The molecular formula is C19H17N5. The monoisotopic (exact) mass is 315 g/mol. The molecule has 118 valence electrons. The Labute approximate surface area is 138 Å². The van der Waals surface area contributed by atoms with Crippen molar-refractivity contribution in [3.8, 4) is 11.4 Å². The molecule has 1 aliphatic heterocycles. The summed E-state index contributed by atoms with van der Waals surface area (Å²) in [5.41, 5.74) is 6.40. The van der Waals surface area contributed by atoms with E-state index in [4.69, 9.17) is 0 Å². The van der Waals surface area contributed by atoms with E-state index >= 15 is 0 Å². The SMILES string of the molecule is C1=C(c2cc3c(-c4cc5ccccc5[nH]4)n[nH]c3cn2)CCNC1. The Hall–Kier alpha value is -2.92. The van der Waals surface area contributed by atoms with Crippen LogP contribution >= 0.6 is 0 Å². The molecule has 5 heteroatoms. The Bertz CT molecular complexity index is 1040. The summed E-state index contributed by atoms with van der Waals surface area (Å²) >= 11 is 0. The highest BCUT2D eigenvalue weighted by Gasteiger charge is 2.14. The fourth-order valence-electron chi connectivity index (χ4n) is 3.35. The number of para-hydroxylation sites is 1. The van der Waals surface area contributed by atoms with Gasteiger partial charge in [-0.1, -0.05) is 24.3 Å². The zero-order valence-electron chi connectivity index (χ0n) is 13.1. The van der Waals surface area contributed by atoms with Crippen molar-refractivity contribution in [2.24, 2.45) is 0 Å². The molecule has 0 atom stereocenters. The zero-order valence-corrected chi connectivity index (χ0v) is 13.1. The summed E-state index contributed by atoms with van der Waals surface area (Å²) in [5, 5.41) is 13.3. The highest BCUT2D eigenvalue weighted by atomic mass is 15.1. The van der Waals surface area contributed by atoms with Crippen molar-refractivity contribution in [2.45, 2.75) is 6.42 Å². The lowest BCUT2D eigenvalue weighted by atomic mass is 10.0. The molecule has 1 aliphatic rings. The van der Waals surface area contributed by atoms with Crippen LogP contribution in [-0.2, 0) is 0 Å². The molecule has 0 bridgehead atoms. The van der Waals surface area contributed by atoms with Crippen LogP contribution in [0, 0.1) is 0 Å². The lowest BCUT2D eigenvalue weighted by Gasteiger charge is -2.13. The molecule has 4 aromatic rings. The Morgan fingerprint density at radius 2 is 2.00 bits per heavy atom. The van der Waals surface area contributed by atoms with Crippen LogP contribution in [0.3, 0.4) is 0 Å². The molecule has 5 nitrogen and oxygen atoms in total. The van der Waals surface area contributed by atoms with Gasteiger partial charge in [0.1, 0.15) is 5.69 Å². The smallest absolute Gasteiger partial charge is 0.116 e. The Morgan fingerprint density at radius 1 is 1.04 bits per heavy atom. The highest BCUT2D eigenvalue weighted by Crippen LogP contribution is 2.30. The minimum Gasteiger partial charge on any atom is -0.353 e. The van der Waals surface area contributed by atoms with E-state index in [-0.39, 0.29) is 0 Å². The van der Waals surface area contributed by atoms with Gasteiger partial charge in [0.05, 0.1) is 23.1 Å². The molecule has 0 saturated heterocycles. The number of hydrogen-bond acceptors (Lipinski definition) is 3. The Morgan fingerprint density at radius 3 is 2.88 bits per heavy atom. The molecular weight excluding hydrogens is 298 g/mol. The molecule has 0 fully saturated rings. The summed E-state index contributed by atoms with van der Waals surface area (Å²) in [4.78, 5) is 8.06. The van der Waals surface area contributed by atoms with Crippen LogP contribution in [0.5, 0.6) is 0 Å². The summed E-state index contributed by atoms with van der Waals surface area (Å²) in [6.07, 6.45) is 5.12. The van der Waals surface area contributed by atoms with Gasteiger partial charge in [-0.15, -0.1) is 0 Å². The average molecular weight is 315 g/mol. The minimum absolute atomic E-state index is 0.912. The molecule has 1 aromatic carbocycles. The number of rotatable bonds is 2. The molecule has 0 aliphatic carbocycles. The summed E-state index contributed by atoms with van der Waals surface area (Å²) < 4.78 is 0. The first-order chi connectivity index (χ1) is 11.9. The largest absolute Gasteiger partial charge is 0.353 e. The van der Waals surface area contributed by atoms with Gasteiger partial charge in [0.25, 0.3) is 0 Å². The normalized spacial score (nSPS) is 15.1. The predicted octanol–water partition coefficient (Wildman–Crippen LogP) is 3.48. The molecule has 0 radical (unpaired) electrons. The maximum absolute atomic E-state index is 4.60. The summed E-state index contributed by atoms with van der Waals surface area (Å²) in [7, 11) is 0. The standard InChI is InChI=1S/C19H17N5/c1-2-4-15-13(3-1)9-17(22-15)19-14-10-16(12-5-7-20-8-6-12)21-11-18(14)23-24-19/h1-5,9-11,20,22H,6-8H2,(H,23,24). The molecule has 4 heterocycles. The maximum atomic E-state index is 4.60. The first-order valence-corrected chi connectivity index (χ1v) is 8.21. The summed E-state index contributed by atoms with van der Waals surface area (Å²) in [6.45, 7) is 1.92. The summed E-state index contributed by atoms with van der Waals surface area (Å²) in [6, 6.07) is 12.6. The van der Waals surface area contributed by atoms with Gasteiger partial charge in [0, 0.05) is 22.8 Å². The second-order valence-corrected chi connectivity index (χ2v) is 6.14. The molecule has 3 aromatic heterocycles. The second kappa shape index (κ2) is 5.32. The predicted molar refractivity (Wildman–Crippen MR) is 96.6 cm³/mol. The molecule has 5 rings (SSSR count). The van der Waals surface area contributed by atoms with Crippen molar-refractivity contribution in [3.63, 3.8) is 0 Å². The molecule has 0 spiro atoms. The molecule has 0 amide bonds. The molecule has 24 heavy (non-hydrogen) atoms. The van der Waals surface area contributed by atoms with Gasteiger partial charge < -0.3 is 10.3 Å². The van der Waals surface area contributed by atoms with E-state index in [2.05, 4.69) is 55.8 Å². The third-order valence-corrected chi connectivity index (χ3v) is 4.63. The van der Waals surface area contributed by atoms with Crippen LogP contribution in [0.1, 0.15) is 12.1 Å². The lowest BCUT2D eigenvalue weighted by molar-refractivity contribution is 0.737. The van der Waals surface area contributed by atoms with Crippen molar-refractivity contribution in [1.29, 1.82) is 0 Å². The number of fused-ring (bicyclic) bond motifs is 2. The first-order valence-electron chi connectivity index (χ1n) is 8.21. The average Bonchev–Trinajstić information content (AvgIpc) is 3.25. The Kier molecular flexibility index (Phi) is 2.99. The van der Waals surface area contributed by atoms with Crippen molar-refractivity contribution >= 4 is 27.4 Å². The van der Waals surface area contributed by atoms with Crippen LogP contribution in [-0.4, -0.2) is 33.3 Å². The van der Waals surface area contributed by atoms with Gasteiger partial charge in [-0.25, -0.2) is 0 Å². The topological polar surface area (TPSA) is 69.4 Å². The molecule has 0 saturated carbocycles. The fraction of sp³-hybridized carbons (Fsp3) is 0.158. The maximum Gasteiger partial charge on any atom is 0.116 e. The quantitative estimate of drug-likeness (QED) is 0.530. The number of pyridine rings is 1. The van der Waals surface area contributed by atoms with Crippen molar-refractivity contribution in [2.75, 3.05) is 13.1 Å². The third-order valence-electron chi connectivity index (χ3n) is 4.63. The van der Waals surface area contributed by atoms with Crippen LogP contribution in [0.2, 0.25) is 0 Å². The number of H-pyrrole nitrogens is 2. The fourth-order valence-corrected chi connectivity index (χ4v) is 3.35. The second-order valence-electron chi connectivity index (χ2n) is 6.14. The van der Waals surface area contributed by atoms with Gasteiger partial charge >= 0.3 is 0 Å². The van der Waals surface area contributed by atoms with Crippen LogP contribution in [0.15, 0.2) is 48.7 Å². The van der Waals surface area contributed by atoms with Crippen LogP contribution in [0.25, 0.3) is 38.8 Å². The summed E-state index contributed by atoms with van der Waals surface area (Å²) in [5.74, 6) is 0. The van der Waals surface area contributed by atoms with Crippen LogP contribution < -0.4 is 5.32 Å². The number of benzene rings is 1. The number of aromatic nitrogens is 4. The van der Waals surface area contributed by atoms with E-state index in [1.165, 1.54) is 11.0 Å². The minimum atomic E-state index is 0.912. The van der Waals surface area contributed by atoms with Crippen LogP contribution in [0.4, 0.5) is 0 Å². The van der Waals surface area contributed by atoms with Gasteiger partial charge in [-0.05, 0) is 36.7 Å². The van der Waals surface area contributed by atoms with Gasteiger partial charge in [-0.2, -0.15) is 5.10 Å². The van der Waals surface area contributed by atoms with Crippen molar-refractivity contribution in [3.05, 3.63) is 54.4 Å². The van der Waals surface area contributed by atoms with Crippen molar-refractivity contribution < 1.29 is 0 Å². The van der Waals surface area contributed by atoms with E-state index in [0.717, 1.165) is 53.0 Å². The number of hydrogen-bond donors (Lipinski definition) is 3. The molecule has 0 unspecified atom stereocenters. The van der Waals surface area contributed by atoms with E-state index in [1.54, 1.807) is 0 Å². The Balaban J connectivity index is 1.66. The highest BCUT2D eigenvalue weighted by molar-refractivity contribution is 5.96. The van der Waals surface area contributed by atoms with E-state index in [1.807, 2.05) is 18.3 Å². The van der Waals surface area contributed by atoms with Crippen molar-refractivity contribution in [1.82, 2.24) is 25.5 Å². The van der Waals surface area contributed by atoms with Gasteiger partial charge in [0.2, 0.25) is 0 Å². The lowest BCUT2D eigenvalue weighted by Crippen LogP contribution is -2.20. The van der Waals surface area contributed by atoms with Gasteiger partial charge in [0.15, 0.2) is 0 Å². The zero-order chi connectivity index (χ0) is 15.9. The number of nitrogens with zero attached hydrogens (tertiary/aromatic N) is 2. The van der Waals surface area contributed by atoms with Gasteiger partial charge in [-0.3, -0.25) is 10.1 Å². The van der Waals surface area contributed by atoms with E-state index in [0.29, 0.717) is 0 Å². The third kappa shape index (κ3) is 2.13. The van der Waals surface area contributed by atoms with E-state index < -0.39 is 0 Å². The number of nitrogens with one attached hydrogen (secondary N) is 3. The number of aromatic amines is 2. The first kappa shape index (κ1) is 13.5.